The molecule has 29 heavy (non-hydrogen) atoms. The molecule has 2 aromatic carbocycles. The van der Waals surface area contributed by atoms with Crippen molar-refractivity contribution in [2.75, 3.05) is 0 Å². The first kappa shape index (κ1) is 22.7. The molecule has 0 radical (unpaired) electrons. The molecule has 0 bridgehead atoms. The third-order valence-electron chi connectivity index (χ3n) is 3.54. The second-order valence-corrected chi connectivity index (χ2v) is 7.94. The minimum absolute atomic E-state index is 0.0137. The van der Waals surface area contributed by atoms with Crippen molar-refractivity contribution in [2.45, 2.75) is 79.8 Å². The first-order chi connectivity index (χ1) is 13.7. The maximum absolute atomic E-state index is 6.41. The summed E-state index contributed by atoms with van der Waals surface area (Å²) in [5.74, 6) is 3.42. The van der Waals surface area contributed by atoms with Crippen molar-refractivity contribution in [1.82, 2.24) is 0 Å². The van der Waals surface area contributed by atoms with Crippen molar-refractivity contribution < 1.29 is 23.7 Å². The van der Waals surface area contributed by atoms with Crippen LogP contribution in [0.1, 0.15) is 55.4 Å². The van der Waals surface area contributed by atoms with Gasteiger partial charge in [-0.2, -0.15) is 0 Å². The van der Waals surface area contributed by atoms with E-state index < -0.39 is 0 Å². The van der Waals surface area contributed by atoms with Crippen molar-refractivity contribution in [3.8, 4) is 34.5 Å². The summed E-state index contributed by atoms with van der Waals surface area (Å²) in [5, 5.41) is 0. The van der Waals surface area contributed by atoms with E-state index >= 15 is 0 Å². The van der Waals surface area contributed by atoms with Crippen LogP contribution < -0.4 is 23.7 Å². The maximum atomic E-state index is 6.41. The maximum Gasteiger partial charge on any atom is 0.211 e. The van der Waals surface area contributed by atoms with Crippen LogP contribution in [0.25, 0.3) is 0 Å². The number of rotatable bonds is 10. The van der Waals surface area contributed by atoms with Crippen LogP contribution in [0.5, 0.6) is 34.5 Å². The van der Waals surface area contributed by atoms with Gasteiger partial charge in [-0.25, -0.2) is 0 Å². The molecule has 0 saturated carbocycles. The molecule has 0 N–H and O–H groups in total. The zero-order chi connectivity index (χ0) is 21.6. The topological polar surface area (TPSA) is 46.2 Å². The summed E-state index contributed by atoms with van der Waals surface area (Å²) < 4.78 is 30.4. The van der Waals surface area contributed by atoms with Gasteiger partial charge in [-0.15, -0.1) is 0 Å². The summed E-state index contributed by atoms with van der Waals surface area (Å²) in [7, 11) is 0. The first-order valence-corrected chi connectivity index (χ1v) is 10.3. The Balaban J connectivity index is 2.58. The van der Waals surface area contributed by atoms with Crippen LogP contribution in [0.4, 0.5) is 0 Å². The highest BCUT2D eigenvalue weighted by atomic mass is 16.6. The van der Waals surface area contributed by atoms with Gasteiger partial charge in [-0.05, 0) is 79.7 Å². The average molecular weight is 403 g/mol. The van der Waals surface area contributed by atoms with Crippen LogP contribution in [0.2, 0.25) is 0 Å². The van der Waals surface area contributed by atoms with Gasteiger partial charge in [0.2, 0.25) is 11.5 Å². The van der Waals surface area contributed by atoms with Gasteiger partial charge in [-0.3, -0.25) is 0 Å². The second kappa shape index (κ2) is 10.3. The number of benzene rings is 2. The lowest BCUT2D eigenvalue weighted by Gasteiger charge is -2.23. The first-order valence-electron chi connectivity index (χ1n) is 10.3. The standard InChI is InChI=1S/C24H34O5/c1-15(2)25-19-11-9-12-20(26-16(3)4)23(19)29-24-21(27-17(5)6)13-10-14-22(24)28-18(7)8/h9-18H,1-8H3. The number of ether oxygens (including phenoxy) is 5. The highest BCUT2D eigenvalue weighted by Gasteiger charge is 2.22. The summed E-state index contributed by atoms with van der Waals surface area (Å²) in [6.45, 7) is 15.8. The minimum Gasteiger partial charge on any atom is -0.487 e. The Kier molecular flexibility index (Phi) is 8.06. The molecule has 0 heterocycles. The van der Waals surface area contributed by atoms with Crippen LogP contribution in [0.15, 0.2) is 36.4 Å². The van der Waals surface area contributed by atoms with Crippen molar-refractivity contribution >= 4 is 0 Å². The van der Waals surface area contributed by atoms with E-state index in [1.54, 1.807) is 0 Å². The van der Waals surface area contributed by atoms with E-state index in [-0.39, 0.29) is 24.4 Å². The summed E-state index contributed by atoms with van der Waals surface area (Å²) in [6, 6.07) is 11.3. The predicted octanol–water partition coefficient (Wildman–Crippen LogP) is 6.63. The Bertz CT molecular complexity index is 659. The lowest BCUT2D eigenvalue weighted by atomic mass is 10.2. The molecule has 2 aromatic rings. The molecule has 5 nitrogen and oxygen atoms in total. The molecule has 0 fully saturated rings. The van der Waals surface area contributed by atoms with E-state index in [0.29, 0.717) is 34.5 Å². The van der Waals surface area contributed by atoms with Crippen LogP contribution in [-0.2, 0) is 0 Å². The van der Waals surface area contributed by atoms with Gasteiger partial charge in [-0.1, -0.05) is 12.1 Å². The number of para-hydroxylation sites is 2. The van der Waals surface area contributed by atoms with Gasteiger partial charge >= 0.3 is 0 Å². The van der Waals surface area contributed by atoms with Gasteiger partial charge in [0.1, 0.15) is 0 Å². The zero-order valence-electron chi connectivity index (χ0n) is 18.8. The van der Waals surface area contributed by atoms with Gasteiger partial charge in [0.25, 0.3) is 0 Å². The SMILES string of the molecule is CC(C)Oc1cccc(OC(C)C)c1Oc1c(OC(C)C)cccc1OC(C)C. The molecular weight excluding hydrogens is 368 g/mol. The fourth-order valence-electron chi connectivity index (χ4n) is 2.68. The van der Waals surface area contributed by atoms with Crippen molar-refractivity contribution in [3.63, 3.8) is 0 Å². The van der Waals surface area contributed by atoms with E-state index in [9.17, 15) is 0 Å². The third kappa shape index (κ3) is 6.77. The third-order valence-corrected chi connectivity index (χ3v) is 3.54. The lowest BCUT2D eigenvalue weighted by molar-refractivity contribution is 0.198. The molecule has 0 amide bonds. The molecular formula is C24H34O5. The summed E-state index contributed by atoms with van der Waals surface area (Å²) in [4.78, 5) is 0. The smallest absolute Gasteiger partial charge is 0.211 e. The van der Waals surface area contributed by atoms with E-state index in [1.807, 2.05) is 91.8 Å². The van der Waals surface area contributed by atoms with Crippen LogP contribution >= 0.6 is 0 Å². The lowest BCUT2D eigenvalue weighted by Crippen LogP contribution is -2.12. The fourth-order valence-corrected chi connectivity index (χ4v) is 2.68. The second-order valence-electron chi connectivity index (χ2n) is 7.94. The normalized spacial score (nSPS) is 11.3. The molecule has 5 heteroatoms. The largest absolute Gasteiger partial charge is 0.487 e. The molecule has 2 rings (SSSR count). The van der Waals surface area contributed by atoms with Crippen LogP contribution in [-0.4, -0.2) is 24.4 Å². The monoisotopic (exact) mass is 402 g/mol. The fraction of sp³-hybridized carbons (Fsp3) is 0.500. The van der Waals surface area contributed by atoms with Gasteiger partial charge < -0.3 is 23.7 Å². The van der Waals surface area contributed by atoms with Crippen molar-refractivity contribution in [2.24, 2.45) is 0 Å². The van der Waals surface area contributed by atoms with Crippen molar-refractivity contribution in [1.29, 1.82) is 0 Å². The quantitative estimate of drug-likeness (QED) is 0.446. The zero-order valence-corrected chi connectivity index (χ0v) is 18.8. The Labute approximate surface area is 174 Å². The molecule has 0 aliphatic rings. The van der Waals surface area contributed by atoms with Gasteiger partial charge in [0.05, 0.1) is 24.4 Å². The average Bonchev–Trinajstić information content (AvgIpc) is 2.58. The van der Waals surface area contributed by atoms with Gasteiger partial charge in [0.15, 0.2) is 23.0 Å². The molecule has 0 aliphatic heterocycles. The molecule has 0 spiro atoms. The van der Waals surface area contributed by atoms with E-state index in [0.717, 1.165) is 0 Å². The molecule has 160 valence electrons. The molecule has 0 unspecified atom stereocenters. The van der Waals surface area contributed by atoms with Crippen molar-refractivity contribution in [3.05, 3.63) is 36.4 Å². The molecule has 0 aliphatic carbocycles. The predicted molar refractivity (Wildman–Crippen MR) is 116 cm³/mol. The molecule has 0 atom stereocenters. The molecule has 0 saturated heterocycles. The molecule has 0 aromatic heterocycles. The van der Waals surface area contributed by atoms with Crippen LogP contribution in [0.3, 0.4) is 0 Å². The van der Waals surface area contributed by atoms with E-state index in [4.69, 9.17) is 23.7 Å². The highest BCUT2D eigenvalue weighted by Crippen LogP contribution is 2.47. The Morgan fingerprint density at radius 1 is 0.448 bits per heavy atom. The van der Waals surface area contributed by atoms with E-state index in [1.165, 1.54) is 0 Å². The Morgan fingerprint density at radius 2 is 0.690 bits per heavy atom. The minimum atomic E-state index is -0.0137. The highest BCUT2D eigenvalue weighted by molar-refractivity contribution is 5.58. The number of hydrogen-bond donors (Lipinski definition) is 0. The Hall–Kier alpha value is -2.56. The summed E-state index contributed by atoms with van der Waals surface area (Å²) >= 11 is 0. The van der Waals surface area contributed by atoms with Gasteiger partial charge in [0, 0.05) is 0 Å². The summed E-state index contributed by atoms with van der Waals surface area (Å²) in [5.41, 5.74) is 0. The van der Waals surface area contributed by atoms with Crippen LogP contribution in [0, 0.1) is 0 Å². The Morgan fingerprint density at radius 3 is 0.897 bits per heavy atom. The summed E-state index contributed by atoms with van der Waals surface area (Å²) in [6.07, 6.45) is -0.0548. The van der Waals surface area contributed by atoms with E-state index in [2.05, 4.69) is 0 Å². The number of hydrogen-bond acceptors (Lipinski definition) is 5.